The maximum Gasteiger partial charge on any atom is 0.186 e. The number of ether oxygens (including phenoxy) is 2. The minimum absolute atomic E-state index is 0.0693. The third-order valence-corrected chi connectivity index (χ3v) is 6.85. The molecule has 2 radical (unpaired) electrons. The zero-order valence-electron chi connectivity index (χ0n) is 20.7. The fourth-order valence-electron chi connectivity index (χ4n) is 4.64. The molecule has 1 saturated heterocycles. The van der Waals surface area contributed by atoms with E-state index in [1.807, 2.05) is 6.07 Å². The van der Waals surface area contributed by atoms with E-state index < -0.39 is 23.7 Å². The summed E-state index contributed by atoms with van der Waals surface area (Å²) in [5, 5.41) is 0. The Morgan fingerprint density at radius 2 is 1.44 bits per heavy atom. The quantitative estimate of drug-likeness (QED) is 0.210. The first kappa shape index (κ1) is 26.5. The summed E-state index contributed by atoms with van der Waals surface area (Å²) in [7, 11) is 5.45. The monoisotopic (exact) mass is 492 g/mol. The van der Waals surface area contributed by atoms with Crippen molar-refractivity contribution in [2.45, 2.75) is 58.1 Å². The highest BCUT2D eigenvalue weighted by Gasteiger charge is 2.25. The maximum atomic E-state index is 15.0. The summed E-state index contributed by atoms with van der Waals surface area (Å²) in [4.78, 5) is 0. The van der Waals surface area contributed by atoms with Gasteiger partial charge in [-0.2, -0.15) is 0 Å². The molecule has 0 bridgehead atoms. The molecule has 1 aliphatic rings. The number of halogens is 3. The van der Waals surface area contributed by atoms with Crippen molar-refractivity contribution < 1.29 is 22.6 Å². The lowest BCUT2D eigenvalue weighted by molar-refractivity contribution is -0.207. The molecular formula is C30H32BF3O2. The molecule has 0 aliphatic carbocycles. The molecule has 0 amide bonds. The number of benzene rings is 3. The lowest BCUT2D eigenvalue weighted by Gasteiger charge is -2.30. The molecule has 188 valence electrons. The van der Waals surface area contributed by atoms with Gasteiger partial charge in [-0.15, -0.1) is 0 Å². The Morgan fingerprint density at radius 3 is 2.11 bits per heavy atom. The van der Waals surface area contributed by atoms with Gasteiger partial charge in [-0.1, -0.05) is 93.9 Å². The minimum Gasteiger partial charge on any atom is -0.348 e. The second-order valence-electron chi connectivity index (χ2n) is 9.49. The molecule has 0 spiro atoms. The Morgan fingerprint density at radius 1 is 0.778 bits per heavy atom. The van der Waals surface area contributed by atoms with Crippen LogP contribution in [0, 0.1) is 23.4 Å². The van der Waals surface area contributed by atoms with Crippen LogP contribution in [0.25, 0.3) is 22.3 Å². The number of hydrogen-bond acceptors (Lipinski definition) is 2. The predicted octanol–water partition coefficient (Wildman–Crippen LogP) is 8.13. The number of hydrogen-bond donors (Lipinski definition) is 0. The van der Waals surface area contributed by atoms with E-state index in [-0.39, 0.29) is 17.4 Å². The van der Waals surface area contributed by atoms with Crippen LogP contribution in [0.5, 0.6) is 0 Å². The van der Waals surface area contributed by atoms with E-state index in [4.69, 9.17) is 17.3 Å². The molecular weight excluding hydrogens is 460 g/mol. The third kappa shape index (κ3) is 6.22. The van der Waals surface area contributed by atoms with Crippen molar-refractivity contribution >= 4 is 7.85 Å². The van der Waals surface area contributed by atoms with Crippen LogP contribution in [0.1, 0.15) is 62.9 Å². The lowest BCUT2D eigenvalue weighted by Crippen LogP contribution is -2.27. The molecule has 6 heteroatoms. The van der Waals surface area contributed by atoms with E-state index in [0.29, 0.717) is 35.8 Å². The van der Waals surface area contributed by atoms with Crippen molar-refractivity contribution in [3.8, 4) is 22.3 Å². The zero-order chi connectivity index (χ0) is 25.5. The van der Waals surface area contributed by atoms with E-state index in [1.54, 1.807) is 30.3 Å². The summed E-state index contributed by atoms with van der Waals surface area (Å²) in [5.41, 5.74) is 2.64. The Bertz CT molecular complexity index is 1140. The molecule has 1 aliphatic heterocycles. The average Bonchev–Trinajstić information content (AvgIpc) is 2.91. The van der Waals surface area contributed by atoms with Crippen LogP contribution in [0.4, 0.5) is 13.2 Å². The summed E-state index contributed by atoms with van der Waals surface area (Å²) < 4.78 is 55.3. The van der Waals surface area contributed by atoms with Crippen molar-refractivity contribution in [2.75, 3.05) is 13.2 Å². The largest absolute Gasteiger partial charge is 0.348 e. The highest BCUT2D eigenvalue weighted by Crippen LogP contribution is 2.33. The molecule has 1 heterocycles. The zero-order valence-corrected chi connectivity index (χ0v) is 20.7. The van der Waals surface area contributed by atoms with Crippen LogP contribution >= 0.6 is 0 Å². The molecule has 0 aromatic heterocycles. The highest BCUT2D eigenvalue weighted by atomic mass is 19.2. The summed E-state index contributed by atoms with van der Waals surface area (Å²) in [5.74, 6) is -1.90. The topological polar surface area (TPSA) is 18.5 Å². The van der Waals surface area contributed by atoms with Gasteiger partial charge in [0.05, 0.1) is 21.1 Å². The molecule has 3 aromatic rings. The predicted molar refractivity (Wildman–Crippen MR) is 138 cm³/mol. The minimum atomic E-state index is -0.929. The van der Waals surface area contributed by atoms with E-state index in [1.165, 1.54) is 50.3 Å². The Labute approximate surface area is 213 Å². The van der Waals surface area contributed by atoms with Gasteiger partial charge < -0.3 is 9.47 Å². The van der Waals surface area contributed by atoms with Crippen LogP contribution in [-0.4, -0.2) is 21.1 Å². The molecule has 4 rings (SSSR count). The number of rotatable bonds is 10. The van der Waals surface area contributed by atoms with Crippen molar-refractivity contribution in [3.63, 3.8) is 0 Å². The van der Waals surface area contributed by atoms with Crippen molar-refractivity contribution in [3.05, 3.63) is 83.2 Å². The van der Waals surface area contributed by atoms with Gasteiger partial charge in [0.25, 0.3) is 0 Å². The van der Waals surface area contributed by atoms with Gasteiger partial charge in [-0.05, 0) is 34.7 Å². The van der Waals surface area contributed by atoms with Crippen LogP contribution in [0.2, 0.25) is 0 Å². The molecule has 0 atom stereocenters. The van der Waals surface area contributed by atoms with Gasteiger partial charge in [0.2, 0.25) is 0 Å². The van der Waals surface area contributed by atoms with E-state index in [0.717, 1.165) is 12.0 Å². The Balaban J connectivity index is 1.38. The standard InChI is InChI=1S/C30H32BF3O2/c1-2-3-4-5-6-7-20-18-35-30(36-19-20)26-15-12-23(16-27(26)32)21-8-10-22(11-9-21)25-14-13-24(17-31)28(33)29(25)34/h8-16,20,30H,2-7,17-19H2,1H3. The van der Waals surface area contributed by atoms with Gasteiger partial charge in [-0.3, -0.25) is 0 Å². The van der Waals surface area contributed by atoms with Crippen LogP contribution in [0.3, 0.4) is 0 Å². The first-order valence-electron chi connectivity index (χ1n) is 12.8. The average molecular weight is 492 g/mol. The lowest BCUT2D eigenvalue weighted by atomic mass is 9.93. The fourth-order valence-corrected chi connectivity index (χ4v) is 4.64. The first-order chi connectivity index (χ1) is 17.5. The summed E-state index contributed by atoms with van der Waals surface area (Å²) >= 11 is 0. The molecule has 2 nitrogen and oxygen atoms in total. The third-order valence-electron chi connectivity index (χ3n) is 6.85. The van der Waals surface area contributed by atoms with Gasteiger partial charge in [-0.25, -0.2) is 13.2 Å². The molecule has 0 N–H and O–H groups in total. The summed E-state index contributed by atoms with van der Waals surface area (Å²) in [6.45, 7) is 3.36. The highest BCUT2D eigenvalue weighted by molar-refractivity contribution is 6.08. The van der Waals surface area contributed by atoms with Crippen LogP contribution in [-0.2, 0) is 15.8 Å². The number of unbranched alkanes of at least 4 members (excludes halogenated alkanes) is 4. The molecule has 1 fully saturated rings. The van der Waals surface area contributed by atoms with Gasteiger partial charge in [0.1, 0.15) is 5.82 Å². The van der Waals surface area contributed by atoms with E-state index in [9.17, 15) is 13.2 Å². The van der Waals surface area contributed by atoms with Gasteiger partial charge in [0, 0.05) is 17.0 Å². The van der Waals surface area contributed by atoms with Crippen molar-refractivity contribution in [2.24, 2.45) is 5.92 Å². The molecule has 36 heavy (non-hydrogen) atoms. The second-order valence-corrected chi connectivity index (χ2v) is 9.49. The van der Waals surface area contributed by atoms with Crippen molar-refractivity contribution in [1.82, 2.24) is 0 Å². The van der Waals surface area contributed by atoms with Crippen molar-refractivity contribution in [1.29, 1.82) is 0 Å². The molecule has 3 aromatic carbocycles. The first-order valence-corrected chi connectivity index (χ1v) is 12.8. The second kappa shape index (κ2) is 12.6. The summed E-state index contributed by atoms with van der Waals surface area (Å²) in [6.07, 6.45) is 6.49. The smallest absolute Gasteiger partial charge is 0.186 e. The molecule has 0 unspecified atom stereocenters. The van der Waals surface area contributed by atoms with Gasteiger partial charge in [0.15, 0.2) is 17.9 Å². The van der Waals surface area contributed by atoms with E-state index >= 15 is 0 Å². The fraction of sp³-hybridized carbons (Fsp3) is 0.400. The Hall–Kier alpha value is -2.57. The summed E-state index contributed by atoms with van der Waals surface area (Å²) in [6, 6.07) is 14.9. The maximum absolute atomic E-state index is 15.0. The Kier molecular flexibility index (Phi) is 9.27. The van der Waals surface area contributed by atoms with Crippen LogP contribution in [0.15, 0.2) is 54.6 Å². The molecule has 0 saturated carbocycles. The van der Waals surface area contributed by atoms with Crippen LogP contribution < -0.4 is 0 Å². The van der Waals surface area contributed by atoms with E-state index in [2.05, 4.69) is 6.92 Å². The normalized spacial score (nSPS) is 17.9. The SMILES string of the molecule is [B]Cc1ccc(-c2ccc(-c3ccc(C4OCC(CCCCCCC)CO4)c(F)c3)cc2)c(F)c1F. The van der Waals surface area contributed by atoms with Gasteiger partial charge >= 0.3 is 0 Å².